The van der Waals surface area contributed by atoms with E-state index in [9.17, 15) is 9.59 Å². The Morgan fingerprint density at radius 3 is 2.22 bits per heavy atom. The lowest BCUT2D eigenvalue weighted by Crippen LogP contribution is -2.35. The van der Waals surface area contributed by atoms with Crippen LogP contribution in [0, 0.1) is 0 Å². The number of hydrogen-bond donors (Lipinski definition) is 1. The molecule has 1 unspecified atom stereocenters. The highest BCUT2D eigenvalue weighted by Crippen LogP contribution is 2.15. The van der Waals surface area contributed by atoms with Crippen LogP contribution in [0.3, 0.4) is 0 Å². The molecule has 0 saturated carbocycles. The topological polar surface area (TPSA) is 64.6 Å². The van der Waals surface area contributed by atoms with Gasteiger partial charge in [-0.2, -0.15) is 0 Å². The second kappa shape index (κ2) is 7.98. The third-order valence-electron chi connectivity index (χ3n) is 3.40. The van der Waals surface area contributed by atoms with Gasteiger partial charge in [-0.1, -0.05) is 42.5 Å². The summed E-state index contributed by atoms with van der Waals surface area (Å²) in [6, 6.07) is 15.4. The summed E-state index contributed by atoms with van der Waals surface area (Å²) in [5, 5.41) is 2.72. The van der Waals surface area contributed by atoms with Gasteiger partial charge in [0.25, 0.3) is 0 Å². The molecule has 2 aromatic rings. The lowest BCUT2D eigenvalue weighted by molar-refractivity contribution is -0.145. The van der Waals surface area contributed by atoms with E-state index in [0.717, 1.165) is 11.3 Å². The van der Waals surface area contributed by atoms with E-state index in [4.69, 9.17) is 9.47 Å². The van der Waals surface area contributed by atoms with Gasteiger partial charge in [0.05, 0.1) is 20.6 Å². The first kappa shape index (κ1) is 16.5. The van der Waals surface area contributed by atoms with Crippen LogP contribution in [0.15, 0.2) is 54.6 Å². The fourth-order valence-electron chi connectivity index (χ4n) is 2.18. The van der Waals surface area contributed by atoms with Crippen LogP contribution in [0.4, 0.5) is 0 Å². The van der Waals surface area contributed by atoms with Crippen LogP contribution in [0.1, 0.15) is 17.2 Å². The number of carbonyl (C=O) groups excluding carboxylic acids is 2. The van der Waals surface area contributed by atoms with Crippen molar-refractivity contribution in [3.63, 3.8) is 0 Å². The second-order valence-electron chi connectivity index (χ2n) is 4.96. The van der Waals surface area contributed by atoms with E-state index in [1.807, 2.05) is 18.2 Å². The summed E-state index contributed by atoms with van der Waals surface area (Å²) in [5.74, 6) is -0.0282. The molecular formula is C18H19NO4. The van der Waals surface area contributed by atoms with Gasteiger partial charge in [0.1, 0.15) is 5.75 Å². The van der Waals surface area contributed by atoms with Crippen LogP contribution in [0.25, 0.3) is 0 Å². The second-order valence-corrected chi connectivity index (χ2v) is 4.96. The maximum absolute atomic E-state index is 12.2. The minimum absolute atomic E-state index is 0.171. The van der Waals surface area contributed by atoms with Crippen molar-refractivity contribution in [3.8, 4) is 5.75 Å². The maximum Gasteiger partial charge on any atom is 0.333 e. The van der Waals surface area contributed by atoms with Crippen molar-refractivity contribution < 1.29 is 19.1 Å². The average molecular weight is 313 g/mol. The van der Waals surface area contributed by atoms with Crippen LogP contribution in [-0.2, 0) is 20.7 Å². The SMILES string of the molecule is COC(=O)C(NC(=O)Cc1ccc(OC)cc1)c1ccccc1. The number of carbonyl (C=O) groups is 2. The van der Waals surface area contributed by atoms with E-state index < -0.39 is 12.0 Å². The van der Waals surface area contributed by atoms with Gasteiger partial charge in [-0.25, -0.2) is 4.79 Å². The van der Waals surface area contributed by atoms with Crippen molar-refractivity contribution in [3.05, 3.63) is 65.7 Å². The van der Waals surface area contributed by atoms with Crippen LogP contribution in [0.2, 0.25) is 0 Å². The van der Waals surface area contributed by atoms with Crippen molar-refractivity contribution in [2.45, 2.75) is 12.5 Å². The Hall–Kier alpha value is -2.82. The summed E-state index contributed by atoms with van der Waals surface area (Å²) in [6.07, 6.45) is 0.171. The molecule has 2 aromatic carbocycles. The summed E-state index contributed by atoms with van der Waals surface area (Å²) in [7, 11) is 2.89. The van der Waals surface area contributed by atoms with Crippen molar-refractivity contribution in [1.82, 2.24) is 5.32 Å². The lowest BCUT2D eigenvalue weighted by atomic mass is 10.1. The van der Waals surface area contributed by atoms with Gasteiger partial charge < -0.3 is 14.8 Å². The molecule has 2 rings (SSSR count). The number of hydrogen-bond acceptors (Lipinski definition) is 4. The fraction of sp³-hybridized carbons (Fsp3) is 0.222. The number of amides is 1. The van der Waals surface area contributed by atoms with Gasteiger partial charge in [0.15, 0.2) is 6.04 Å². The highest BCUT2D eigenvalue weighted by atomic mass is 16.5. The Morgan fingerprint density at radius 1 is 1.00 bits per heavy atom. The first-order valence-corrected chi connectivity index (χ1v) is 7.19. The molecule has 0 fully saturated rings. The van der Waals surface area contributed by atoms with Crippen LogP contribution >= 0.6 is 0 Å². The molecule has 0 aliphatic rings. The molecule has 5 heteroatoms. The minimum atomic E-state index is -0.813. The number of rotatable bonds is 6. The predicted molar refractivity (Wildman–Crippen MR) is 86.0 cm³/mol. The largest absolute Gasteiger partial charge is 0.497 e. The standard InChI is InChI=1S/C18H19NO4/c1-22-15-10-8-13(9-11-15)12-16(20)19-17(18(21)23-2)14-6-4-3-5-7-14/h3-11,17H,12H2,1-2H3,(H,19,20). The Balaban J connectivity index is 2.06. The van der Waals surface area contributed by atoms with Gasteiger partial charge in [0.2, 0.25) is 5.91 Å². The summed E-state index contributed by atoms with van der Waals surface area (Å²) in [4.78, 5) is 24.2. The Morgan fingerprint density at radius 2 is 1.65 bits per heavy atom. The van der Waals surface area contributed by atoms with Crippen molar-refractivity contribution in [2.24, 2.45) is 0 Å². The zero-order chi connectivity index (χ0) is 16.7. The van der Waals surface area contributed by atoms with Crippen molar-refractivity contribution in [1.29, 1.82) is 0 Å². The molecular weight excluding hydrogens is 294 g/mol. The van der Waals surface area contributed by atoms with E-state index in [2.05, 4.69) is 5.32 Å². The molecule has 5 nitrogen and oxygen atoms in total. The number of ether oxygens (including phenoxy) is 2. The van der Waals surface area contributed by atoms with Gasteiger partial charge in [-0.15, -0.1) is 0 Å². The van der Waals surface area contributed by atoms with Gasteiger partial charge in [0, 0.05) is 0 Å². The van der Waals surface area contributed by atoms with Crippen LogP contribution < -0.4 is 10.1 Å². The Bertz CT molecular complexity index is 652. The Kier molecular flexibility index (Phi) is 5.74. The summed E-state index contributed by atoms with van der Waals surface area (Å²) in [6.45, 7) is 0. The summed E-state index contributed by atoms with van der Waals surface area (Å²) < 4.78 is 9.86. The third-order valence-corrected chi connectivity index (χ3v) is 3.40. The van der Waals surface area contributed by atoms with Crippen LogP contribution in [-0.4, -0.2) is 26.1 Å². The number of esters is 1. The molecule has 0 aromatic heterocycles. The summed E-state index contributed by atoms with van der Waals surface area (Å²) >= 11 is 0. The molecule has 0 aliphatic heterocycles. The quantitative estimate of drug-likeness (QED) is 0.831. The molecule has 0 aliphatic carbocycles. The van der Waals surface area contributed by atoms with Crippen LogP contribution in [0.5, 0.6) is 5.75 Å². The average Bonchev–Trinajstić information content (AvgIpc) is 2.60. The minimum Gasteiger partial charge on any atom is -0.497 e. The molecule has 0 bridgehead atoms. The van der Waals surface area contributed by atoms with E-state index in [1.54, 1.807) is 43.5 Å². The zero-order valence-electron chi connectivity index (χ0n) is 13.1. The predicted octanol–water partition coefficient (Wildman–Crippen LogP) is 2.27. The van der Waals surface area contributed by atoms with Gasteiger partial charge >= 0.3 is 5.97 Å². The first-order valence-electron chi connectivity index (χ1n) is 7.19. The molecule has 0 spiro atoms. The smallest absolute Gasteiger partial charge is 0.333 e. The molecule has 0 saturated heterocycles. The summed E-state index contributed by atoms with van der Waals surface area (Å²) in [5.41, 5.74) is 1.52. The molecule has 120 valence electrons. The fourth-order valence-corrected chi connectivity index (χ4v) is 2.18. The van der Waals surface area contributed by atoms with Crippen molar-refractivity contribution in [2.75, 3.05) is 14.2 Å². The molecule has 0 radical (unpaired) electrons. The van der Waals surface area contributed by atoms with Gasteiger partial charge in [-0.3, -0.25) is 4.79 Å². The zero-order valence-corrected chi connectivity index (χ0v) is 13.1. The highest BCUT2D eigenvalue weighted by molar-refractivity contribution is 5.86. The van der Waals surface area contributed by atoms with E-state index in [0.29, 0.717) is 5.56 Å². The van der Waals surface area contributed by atoms with E-state index >= 15 is 0 Å². The van der Waals surface area contributed by atoms with E-state index in [1.165, 1.54) is 7.11 Å². The monoisotopic (exact) mass is 313 g/mol. The molecule has 1 N–H and O–H groups in total. The maximum atomic E-state index is 12.2. The lowest BCUT2D eigenvalue weighted by Gasteiger charge is -2.17. The third kappa shape index (κ3) is 4.57. The normalized spacial score (nSPS) is 11.4. The first-order chi connectivity index (χ1) is 11.1. The van der Waals surface area contributed by atoms with E-state index in [-0.39, 0.29) is 12.3 Å². The highest BCUT2D eigenvalue weighted by Gasteiger charge is 2.23. The number of nitrogens with one attached hydrogen (secondary N) is 1. The Labute approximate surface area is 135 Å². The molecule has 0 heterocycles. The number of methoxy groups -OCH3 is 2. The van der Waals surface area contributed by atoms with Crippen molar-refractivity contribution >= 4 is 11.9 Å². The number of benzene rings is 2. The molecule has 1 atom stereocenters. The van der Waals surface area contributed by atoms with Gasteiger partial charge in [-0.05, 0) is 23.3 Å². The molecule has 1 amide bonds. The molecule has 23 heavy (non-hydrogen) atoms.